The Kier molecular flexibility index (Phi) is 5.01. The van der Waals surface area contributed by atoms with Gasteiger partial charge in [-0.3, -0.25) is 4.79 Å². The van der Waals surface area contributed by atoms with E-state index in [1.54, 1.807) is 7.11 Å². The van der Waals surface area contributed by atoms with Crippen molar-refractivity contribution in [1.29, 1.82) is 0 Å². The maximum absolute atomic E-state index is 12.2. The minimum Gasteiger partial charge on any atom is -0.497 e. The quantitative estimate of drug-likeness (QED) is 0.897. The van der Waals surface area contributed by atoms with Crippen LogP contribution in [0.2, 0.25) is 0 Å². The first-order chi connectivity index (χ1) is 9.64. The van der Waals surface area contributed by atoms with Crippen molar-refractivity contribution in [3.05, 3.63) is 29.8 Å². The van der Waals surface area contributed by atoms with Crippen LogP contribution < -0.4 is 10.1 Å². The highest BCUT2D eigenvalue weighted by atomic mass is 16.5. The molecule has 110 valence electrons. The molecule has 0 spiro atoms. The molecular formula is C16H23NO3. The summed E-state index contributed by atoms with van der Waals surface area (Å²) in [6.45, 7) is 4.06. The Balaban J connectivity index is 1.78. The first kappa shape index (κ1) is 14.9. The summed E-state index contributed by atoms with van der Waals surface area (Å²) in [5.74, 6) is 1.00. The van der Waals surface area contributed by atoms with Gasteiger partial charge in [-0.15, -0.1) is 0 Å². The van der Waals surface area contributed by atoms with E-state index >= 15 is 0 Å². The molecule has 1 aliphatic rings. The van der Waals surface area contributed by atoms with Crippen LogP contribution in [0, 0.1) is 5.41 Å². The number of carbonyl (C=O) groups excluding carboxylic acids is 1. The summed E-state index contributed by atoms with van der Waals surface area (Å²) < 4.78 is 10.4. The maximum Gasteiger partial charge on any atom is 0.226 e. The van der Waals surface area contributed by atoms with Crippen molar-refractivity contribution in [3.63, 3.8) is 0 Å². The molecule has 1 aromatic rings. The molecule has 0 atom stereocenters. The van der Waals surface area contributed by atoms with E-state index in [2.05, 4.69) is 5.32 Å². The van der Waals surface area contributed by atoms with E-state index < -0.39 is 0 Å². The molecule has 4 heteroatoms. The van der Waals surface area contributed by atoms with E-state index in [0.717, 1.165) is 25.0 Å². The molecule has 0 unspecified atom stereocenters. The van der Waals surface area contributed by atoms with Crippen molar-refractivity contribution in [2.24, 2.45) is 5.41 Å². The van der Waals surface area contributed by atoms with Crippen LogP contribution in [0.3, 0.4) is 0 Å². The van der Waals surface area contributed by atoms with Gasteiger partial charge in [0.15, 0.2) is 0 Å². The number of hydrogen-bond donors (Lipinski definition) is 1. The highest BCUT2D eigenvalue weighted by Gasteiger charge is 2.34. The van der Waals surface area contributed by atoms with Gasteiger partial charge >= 0.3 is 0 Å². The summed E-state index contributed by atoms with van der Waals surface area (Å²) in [5, 5.41) is 3.04. The number of amides is 1. The van der Waals surface area contributed by atoms with Gasteiger partial charge in [0.1, 0.15) is 5.75 Å². The van der Waals surface area contributed by atoms with Crippen LogP contribution in [0.1, 0.15) is 25.3 Å². The fourth-order valence-electron chi connectivity index (χ4n) is 2.37. The maximum atomic E-state index is 12.2. The normalized spacial score (nSPS) is 17.5. The average Bonchev–Trinajstić information content (AvgIpc) is 2.48. The Morgan fingerprint density at radius 3 is 2.55 bits per heavy atom. The predicted molar refractivity (Wildman–Crippen MR) is 77.9 cm³/mol. The second-order valence-corrected chi connectivity index (χ2v) is 5.53. The second-order valence-electron chi connectivity index (χ2n) is 5.53. The number of nitrogens with one attached hydrogen (secondary N) is 1. The molecule has 1 aliphatic heterocycles. The van der Waals surface area contributed by atoms with Crippen LogP contribution in [0.5, 0.6) is 5.75 Å². The van der Waals surface area contributed by atoms with Crippen LogP contribution >= 0.6 is 0 Å². The van der Waals surface area contributed by atoms with Gasteiger partial charge in [-0.25, -0.2) is 0 Å². The summed E-state index contributed by atoms with van der Waals surface area (Å²) in [6.07, 6.45) is 2.45. The highest BCUT2D eigenvalue weighted by Crippen LogP contribution is 2.29. The van der Waals surface area contributed by atoms with Gasteiger partial charge in [0.2, 0.25) is 5.91 Å². The molecule has 0 bridgehead atoms. The molecule has 1 heterocycles. The molecule has 0 radical (unpaired) electrons. The molecule has 20 heavy (non-hydrogen) atoms. The van der Waals surface area contributed by atoms with E-state index in [0.29, 0.717) is 19.8 Å². The molecular weight excluding hydrogens is 254 g/mol. The lowest BCUT2D eigenvalue weighted by molar-refractivity contribution is -0.135. The van der Waals surface area contributed by atoms with Crippen LogP contribution in [0.25, 0.3) is 0 Å². The molecule has 4 nitrogen and oxygen atoms in total. The minimum atomic E-state index is -0.266. The van der Waals surface area contributed by atoms with Crippen molar-refractivity contribution in [3.8, 4) is 5.75 Å². The smallest absolute Gasteiger partial charge is 0.226 e. The molecule has 1 saturated heterocycles. The lowest BCUT2D eigenvalue weighted by atomic mass is 9.81. The molecule has 2 rings (SSSR count). The number of ether oxygens (including phenoxy) is 2. The SMILES string of the molecule is COc1ccc(CCNC(=O)C2(C)CCOCC2)cc1. The Morgan fingerprint density at radius 1 is 1.30 bits per heavy atom. The molecule has 1 N–H and O–H groups in total. The van der Waals surface area contributed by atoms with Crippen molar-refractivity contribution in [1.82, 2.24) is 5.32 Å². The van der Waals surface area contributed by atoms with Crippen molar-refractivity contribution in [2.75, 3.05) is 26.9 Å². The van der Waals surface area contributed by atoms with Gasteiger partial charge < -0.3 is 14.8 Å². The molecule has 0 aliphatic carbocycles. The Bertz CT molecular complexity index is 436. The summed E-state index contributed by atoms with van der Waals surface area (Å²) >= 11 is 0. The summed E-state index contributed by atoms with van der Waals surface area (Å²) in [4.78, 5) is 12.2. The molecule has 0 saturated carbocycles. The highest BCUT2D eigenvalue weighted by molar-refractivity contribution is 5.82. The first-order valence-electron chi connectivity index (χ1n) is 7.13. The first-order valence-corrected chi connectivity index (χ1v) is 7.13. The summed E-state index contributed by atoms with van der Waals surface area (Å²) in [5.41, 5.74) is 0.932. The predicted octanol–water partition coefficient (Wildman–Crippen LogP) is 2.17. The van der Waals surface area contributed by atoms with E-state index in [1.165, 1.54) is 5.56 Å². The fourth-order valence-corrected chi connectivity index (χ4v) is 2.37. The van der Waals surface area contributed by atoms with Crippen LogP contribution in [0.15, 0.2) is 24.3 Å². The number of carbonyl (C=O) groups is 1. The summed E-state index contributed by atoms with van der Waals surface area (Å²) in [7, 11) is 1.66. The van der Waals surface area contributed by atoms with E-state index in [1.807, 2.05) is 31.2 Å². The Labute approximate surface area is 120 Å². The number of benzene rings is 1. The fraction of sp³-hybridized carbons (Fsp3) is 0.562. The van der Waals surface area contributed by atoms with E-state index in [9.17, 15) is 4.79 Å². The van der Waals surface area contributed by atoms with Crippen LogP contribution in [0.4, 0.5) is 0 Å². The molecule has 1 fully saturated rings. The third-order valence-electron chi connectivity index (χ3n) is 4.00. The van der Waals surface area contributed by atoms with Crippen molar-refractivity contribution < 1.29 is 14.3 Å². The zero-order valence-corrected chi connectivity index (χ0v) is 12.3. The molecule has 0 aromatic heterocycles. The lowest BCUT2D eigenvalue weighted by Gasteiger charge is -2.32. The average molecular weight is 277 g/mol. The standard InChI is InChI=1S/C16H23NO3/c1-16(8-11-20-12-9-16)15(18)17-10-7-13-3-5-14(19-2)6-4-13/h3-6H,7-12H2,1-2H3,(H,17,18). The Hall–Kier alpha value is -1.55. The van der Waals surface area contributed by atoms with E-state index in [-0.39, 0.29) is 11.3 Å². The number of hydrogen-bond acceptors (Lipinski definition) is 3. The Morgan fingerprint density at radius 2 is 1.95 bits per heavy atom. The summed E-state index contributed by atoms with van der Waals surface area (Å²) in [6, 6.07) is 7.94. The van der Waals surface area contributed by atoms with Gasteiger partial charge in [0.05, 0.1) is 12.5 Å². The van der Waals surface area contributed by atoms with Gasteiger partial charge in [-0.1, -0.05) is 19.1 Å². The van der Waals surface area contributed by atoms with Crippen molar-refractivity contribution in [2.45, 2.75) is 26.2 Å². The monoisotopic (exact) mass is 277 g/mol. The lowest BCUT2D eigenvalue weighted by Crippen LogP contribution is -2.43. The second kappa shape index (κ2) is 6.75. The van der Waals surface area contributed by atoms with Gasteiger partial charge in [-0.2, -0.15) is 0 Å². The molecule has 1 amide bonds. The minimum absolute atomic E-state index is 0.148. The van der Waals surface area contributed by atoms with Gasteiger partial charge in [0, 0.05) is 19.8 Å². The topological polar surface area (TPSA) is 47.6 Å². The van der Waals surface area contributed by atoms with Gasteiger partial charge in [-0.05, 0) is 37.0 Å². The number of methoxy groups -OCH3 is 1. The van der Waals surface area contributed by atoms with Crippen molar-refractivity contribution >= 4 is 5.91 Å². The van der Waals surface area contributed by atoms with E-state index in [4.69, 9.17) is 9.47 Å². The zero-order chi connectivity index (χ0) is 14.4. The third-order valence-corrected chi connectivity index (χ3v) is 4.00. The van der Waals surface area contributed by atoms with Crippen LogP contribution in [-0.4, -0.2) is 32.8 Å². The van der Waals surface area contributed by atoms with Crippen LogP contribution in [-0.2, 0) is 16.0 Å². The third kappa shape index (κ3) is 3.73. The zero-order valence-electron chi connectivity index (χ0n) is 12.3. The number of rotatable bonds is 5. The largest absolute Gasteiger partial charge is 0.497 e. The van der Waals surface area contributed by atoms with Gasteiger partial charge in [0.25, 0.3) is 0 Å². The molecule has 1 aromatic carbocycles.